The maximum atomic E-state index is 11.3. The molecule has 0 aromatic carbocycles. The summed E-state index contributed by atoms with van der Waals surface area (Å²) in [6.45, 7) is 2.11. The van der Waals surface area contributed by atoms with Gasteiger partial charge in [0.15, 0.2) is 0 Å². The molecule has 5 heteroatoms. The van der Waals surface area contributed by atoms with Gasteiger partial charge in [0, 0.05) is 6.04 Å². The van der Waals surface area contributed by atoms with Crippen molar-refractivity contribution in [2.75, 3.05) is 6.54 Å². The van der Waals surface area contributed by atoms with Crippen LogP contribution in [0.5, 0.6) is 0 Å². The summed E-state index contributed by atoms with van der Waals surface area (Å²) in [6, 6.07) is -0.284. The van der Waals surface area contributed by atoms with Crippen molar-refractivity contribution in [3.05, 3.63) is 0 Å². The molecule has 0 aromatic rings. The normalized spacial score (nSPS) is 17.1. The van der Waals surface area contributed by atoms with Gasteiger partial charge in [-0.05, 0) is 19.3 Å². The molecule has 0 aliphatic heterocycles. The molecule has 0 heterocycles. The van der Waals surface area contributed by atoms with Gasteiger partial charge in [-0.2, -0.15) is 0 Å². The number of carboxylic acids is 1. The third kappa shape index (κ3) is 4.78. The van der Waals surface area contributed by atoms with Gasteiger partial charge in [0.2, 0.25) is 5.91 Å². The maximum absolute atomic E-state index is 11.3. The molecule has 0 saturated heterocycles. The first kappa shape index (κ1) is 12.0. The van der Waals surface area contributed by atoms with E-state index in [2.05, 4.69) is 10.6 Å². The fourth-order valence-corrected chi connectivity index (χ4v) is 1.32. The molecule has 1 rings (SSSR count). The summed E-state index contributed by atoms with van der Waals surface area (Å²) in [5.41, 5.74) is 0. The van der Waals surface area contributed by atoms with Crippen LogP contribution in [0.2, 0.25) is 0 Å². The highest BCUT2D eigenvalue weighted by Crippen LogP contribution is 2.17. The lowest BCUT2D eigenvalue weighted by Crippen LogP contribution is -2.44. The SMILES string of the molecule is CCC[C@H](NC(=O)CNC1CC1)C(=O)O. The lowest BCUT2D eigenvalue weighted by Gasteiger charge is -2.13. The summed E-state index contributed by atoms with van der Waals surface area (Å²) >= 11 is 0. The zero-order valence-electron chi connectivity index (χ0n) is 8.95. The molecule has 1 saturated carbocycles. The van der Waals surface area contributed by atoms with Crippen LogP contribution in [0.4, 0.5) is 0 Å². The van der Waals surface area contributed by atoms with E-state index < -0.39 is 12.0 Å². The first-order valence-electron chi connectivity index (χ1n) is 5.39. The van der Waals surface area contributed by atoms with Crippen molar-refractivity contribution in [1.82, 2.24) is 10.6 Å². The number of carbonyl (C=O) groups is 2. The molecule has 0 radical (unpaired) electrons. The molecular formula is C10H18N2O3. The second-order valence-corrected chi connectivity index (χ2v) is 3.90. The highest BCUT2D eigenvalue weighted by atomic mass is 16.4. The van der Waals surface area contributed by atoms with E-state index in [4.69, 9.17) is 5.11 Å². The van der Waals surface area contributed by atoms with Crippen LogP contribution in [0.25, 0.3) is 0 Å². The van der Waals surface area contributed by atoms with Crippen LogP contribution in [0.15, 0.2) is 0 Å². The molecule has 1 amide bonds. The van der Waals surface area contributed by atoms with Gasteiger partial charge in [-0.25, -0.2) is 4.79 Å². The summed E-state index contributed by atoms with van der Waals surface area (Å²) < 4.78 is 0. The van der Waals surface area contributed by atoms with Crippen molar-refractivity contribution >= 4 is 11.9 Å². The number of amides is 1. The standard InChI is InChI=1S/C10H18N2O3/c1-2-3-8(10(14)15)12-9(13)6-11-7-4-5-7/h7-8,11H,2-6H2,1H3,(H,12,13)(H,14,15)/t8-/m0/s1. The molecule has 15 heavy (non-hydrogen) atoms. The van der Waals surface area contributed by atoms with Crippen LogP contribution in [0.3, 0.4) is 0 Å². The van der Waals surface area contributed by atoms with E-state index in [1.165, 1.54) is 0 Å². The predicted octanol–water partition coefficient (Wildman–Crippen LogP) is 0.108. The first-order valence-corrected chi connectivity index (χ1v) is 5.39. The van der Waals surface area contributed by atoms with Crippen molar-refractivity contribution in [1.29, 1.82) is 0 Å². The molecule has 1 atom stereocenters. The minimum atomic E-state index is -0.961. The highest BCUT2D eigenvalue weighted by Gasteiger charge is 2.23. The van der Waals surface area contributed by atoms with E-state index in [0.29, 0.717) is 12.5 Å². The summed E-state index contributed by atoms with van der Waals surface area (Å²) in [6.07, 6.45) is 3.45. The van der Waals surface area contributed by atoms with Gasteiger partial charge in [0.05, 0.1) is 6.54 Å². The van der Waals surface area contributed by atoms with Crippen molar-refractivity contribution in [2.24, 2.45) is 0 Å². The van der Waals surface area contributed by atoms with Crippen molar-refractivity contribution < 1.29 is 14.7 Å². The maximum Gasteiger partial charge on any atom is 0.326 e. The third-order valence-electron chi connectivity index (χ3n) is 2.34. The summed E-state index contributed by atoms with van der Waals surface area (Å²) in [7, 11) is 0. The molecule has 5 nitrogen and oxygen atoms in total. The predicted molar refractivity (Wildman–Crippen MR) is 55.5 cm³/mol. The van der Waals surface area contributed by atoms with E-state index in [-0.39, 0.29) is 12.5 Å². The summed E-state index contributed by atoms with van der Waals surface area (Å²) in [5.74, 6) is -1.20. The van der Waals surface area contributed by atoms with Crippen molar-refractivity contribution in [3.8, 4) is 0 Å². The Hall–Kier alpha value is -1.10. The lowest BCUT2D eigenvalue weighted by molar-refractivity contribution is -0.141. The minimum absolute atomic E-state index is 0.220. The van der Waals surface area contributed by atoms with Gasteiger partial charge in [0.25, 0.3) is 0 Å². The first-order chi connectivity index (χ1) is 7.13. The van der Waals surface area contributed by atoms with Gasteiger partial charge in [-0.15, -0.1) is 0 Å². The lowest BCUT2D eigenvalue weighted by atomic mass is 10.1. The minimum Gasteiger partial charge on any atom is -0.480 e. The van der Waals surface area contributed by atoms with Gasteiger partial charge < -0.3 is 15.7 Å². The molecule has 1 aliphatic rings. The number of carbonyl (C=O) groups excluding carboxylic acids is 1. The van der Waals surface area contributed by atoms with E-state index in [0.717, 1.165) is 19.3 Å². The average molecular weight is 214 g/mol. The molecular weight excluding hydrogens is 196 g/mol. The Balaban J connectivity index is 2.22. The topological polar surface area (TPSA) is 78.4 Å². The van der Waals surface area contributed by atoms with Crippen LogP contribution in [-0.2, 0) is 9.59 Å². The summed E-state index contributed by atoms with van der Waals surface area (Å²) in [4.78, 5) is 22.1. The zero-order valence-corrected chi connectivity index (χ0v) is 8.95. The van der Waals surface area contributed by atoms with Crippen LogP contribution in [0.1, 0.15) is 32.6 Å². The molecule has 1 aliphatic carbocycles. The quantitative estimate of drug-likeness (QED) is 0.562. The largest absolute Gasteiger partial charge is 0.480 e. The smallest absolute Gasteiger partial charge is 0.326 e. The van der Waals surface area contributed by atoms with E-state index in [9.17, 15) is 9.59 Å². The number of aliphatic carboxylic acids is 1. The van der Waals surface area contributed by atoms with Gasteiger partial charge in [-0.3, -0.25) is 4.79 Å². The molecule has 0 unspecified atom stereocenters. The Labute approximate surface area is 89.2 Å². The van der Waals surface area contributed by atoms with Crippen molar-refractivity contribution in [2.45, 2.75) is 44.7 Å². The number of hydrogen-bond donors (Lipinski definition) is 3. The monoisotopic (exact) mass is 214 g/mol. The zero-order chi connectivity index (χ0) is 11.3. The number of hydrogen-bond acceptors (Lipinski definition) is 3. The fraction of sp³-hybridized carbons (Fsp3) is 0.800. The molecule has 0 bridgehead atoms. The van der Waals surface area contributed by atoms with Crippen LogP contribution >= 0.6 is 0 Å². The molecule has 86 valence electrons. The van der Waals surface area contributed by atoms with E-state index in [1.807, 2.05) is 6.92 Å². The van der Waals surface area contributed by atoms with Gasteiger partial charge in [-0.1, -0.05) is 13.3 Å². The second kappa shape index (κ2) is 5.70. The second-order valence-electron chi connectivity index (χ2n) is 3.90. The highest BCUT2D eigenvalue weighted by molar-refractivity contribution is 5.84. The molecule has 3 N–H and O–H groups in total. The molecule has 1 fully saturated rings. The Morgan fingerprint density at radius 2 is 2.13 bits per heavy atom. The Morgan fingerprint density at radius 3 is 2.60 bits per heavy atom. The fourth-order valence-electron chi connectivity index (χ4n) is 1.32. The molecule has 0 spiro atoms. The van der Waals surface area contributed by atoms with Gasteiger partial charge >= 0.3 is 5.97 Å². The summed E-state index contributed by atoms with van der Waals surface area (Å²) in [5, 5.41) is 14.3. The van der Waals surface area contributed by atoms with Crippen LogP contribution in [0, 0.1) is 0 Å². The van der Waals surface area contributed by atoms with Crippen molar-refractivity contribution in [3.63, 3.8) is 0 Å². The Bertz CT molecular complexity index is 239. The molecule has 0 aromatic heterocycles. The van der Waals surface area contributed by atoms with E-state index >= 15 is 0 Å². The number of rotatable bonds is 7. The van der Waals surface area contributed by atoms with E-state index in [1.54, 1.807) is 0 Å². The van der Waals surface area contributed by atoms with Crippen LogP contribution in [-0.4, -0.2) is 35.6 Å². The number of nitrogens with one attached hydrogen (secondary N) is 2. The average Bonchev–Trinajstić information content (AvgIpc) is 2.97. The van der Waals surface area contributed by atoms with Gasteiger partial charge in [0.1, 0.15) is 6.04 Å². The third-order valence-corrected chi connectivity index (χ3v) is 2.34. The van der Waals surface area contributed by atoms with Crippen LogP contribution < -0.4 is 10.6 Å². The Morgan fingerprint density at radius 1 is 1.47 bits per heavy atom. The number of carboxylic acid groups (broad SMARTS) is 1. The Kier molecular flexibility index (Phi) is 4.55.